The van der Waals surface area contributed by atoms with Crippen LogP contribution in [0.1, 0.15) is 44.4 Å². The van der Waals surface area contributed by atoms with Gasteiger partial charge in [-0.15, -0.1) is 0 Å². The SMILES string of the molecule is C=C(CC)c1c(C(C)C)nn2ccccc12. The normalized spacial score (nSPS) is 11.2. The first-order valence-electron chi connectivity index (χ1n) is 5.80. The van der Waals surface area contributed by atoms with Crippen molar-refractivity contribution in [3.8, 4) is 0 Å². The lowest BCUT2D eigenvalue weighted by Crippen LogP contribution is -1.93. The molecular weight excluding hydrogens is 196 g/mol. The van der Waals surface area contributed by atoms with Crippen molar-refractivity contribution in [2.75, 3.05) is 0 Å². The van der Waals surface area contributed by atoms with E-state index in [1.807, 2.05) is 22.8 Å². The predicted octanol–water partition coefficient (Wildman–Crippen LogP) is 3.88. The second kappa shape index (κ2) is 4.12. The first-order chi connectivity index (χ1) is 7.65. The second-order valence-corrected chi connectivity index (χ2v) is 4.40. The lowest BCUT2D eigenvalue weighted by Gasteiger charge is -2.06. The van der Waals surface area contributed by atoms with Gasteiger partial charge >= 0.3 is 0 Å². The highest BCUT2D eigenvalue weighted by Gasteiger charge is 2.16. The third-order valence-corrected chi connectivity index (χ3v) is 2.89. The van der Waals surface area contributed by atoms with Crippen LogP contribution in [0.4, 0.5) is 0 Å². The predicted molar refractivity (Wildman–Crippen MR) is 68.6 cm³/mol. The molecule has 0 aliphatic carbocycles. The maximum absolute atomic E-state index is 4.64. The van der Waals surface area contributed by atoms with E-state index in [0.717, 1.165) is 17.6 Å². The van der Waals surface area contributed by atoms with E-state index in [1.54, 1.807) is 0 Å². The molecule has 2 nitrogen and oxygen atoms in total. The van der Waals surface area contributed by atoms with Crippen LogP contribution in [0.25, 0.3) is 11.1 Å². The molecule has 84 valence electrons. The average Bonchev–Trinajstić information content (AvgIpc) is 2.67. The van der Waals surface area contributed by atoms with Gasteiger partial charge in [-0.1, -0.05) is 33.4 Å². The van der Waals surface area contributed by atoms with E-state index in [1.165, 1.54) is 11.1 Å². The first kappa shape index (κ1) is 10.9. The summed E-state index contributed by atoms with van der Waals surface area (Å²) in [5.41, 5.74) is 4.72. The summed E-state index contributed by atoms with van der Waals surface area (Å²) in [4.78, 5) is 0. The molecule has 0 saturated heterocycles. The van der Waals surface area contributed by atoms with Crippen LogP contribution in [0.3, 0.4) is 0 Å². The Bertz CT molecular complexity index is 521. The molecule has 0 spiro atoms. The maximum Gasteiger partial charge on any atom is 0.0739 e. The second-order valence-electron chi connectivity index (χ2n) is 4.40. The van der Waals surface area contributed by atoms with E-state index in [9.17, 15) is 0 Å². The summed E-state index contributed by atoms with van der Waals surface area (Å²) < 4.78 is 1.95. The van der Waals surface area contributed by atoms with Gasteiger partial charge in [0, 0.05) is 11.8 Å². The minimum absolute atomic E-state index is 0.429. The monoisotopic (exact) mass is 214 g/mol. The van der Waals surface area contributed by atoms with Crippen LogP contribution in [0.2, 0.25) is 0 Å². The lowest BCUT2D eigenvalue weighted by molar-refractivity contribution is 0.786. The summed E-state index contributed by atoms with van der Waals surface area (Å²) in [5, 5.41) is 4.64. The Morgan fingerprint density at radius 3 is 2.81 bits per heavy atom. The summed E-state index contributed by atoms with van der Waals surface area (Å²) >= 11 is 0. The van der Waals surface area contributed by atoms with Crippen molar-refractivity contribution in [3.05, 3.63) is 42.2 Å². The van der Waals surface area contributed by atoms with Crippen molar-refractivity contribution in [1.29, 1.82) is 0 Å². The molecule has 0 fully saturated rings. The molecule has 2 heterocycles. The van der Waals surface area contributed by atoms with Crippen LogP contribution in [0, 0.1) is 0 Å². The highest BCUT2D eigenvalue weighted by Crippen LogP contribution is 2.29. The van der Waals surface area contributed by atoms with Crippen molar-refractivity contribution in [3.63, 3.8) is 0 Å². The van der Waals surface area contributed by atoms with Gasteiger partial charge < -0.3 is 0 Å². The van der Waals surface area contributed by atoms with E-state index in [-0.39, 0.29) is 0 Å². The molecule has 2 heteroatoms. The molecule has 2 rings (SSSR count). The fraction of sp³-hybridized carbons (Fsp3) is 0.357. The van der Waals surface area contributed by atoms with Crippen molar-refractivity contribution in [2.24, 2.45) is 0 Å². The molecule has 16 heavy (non-hydrogen) atoms. The molecule has 0 N–H and O–H groups in total. The Labute approximate surface area is 96.6 Å². The van der Waals surface area contributed by atoms with Gasteiger partial charge in [-0.2, -0.15) is 5.10 Å². The largest absolute Gasteiger partial charge is 0.240 e. The fourth-order valence-corrected chi connectivity index (χ4v) is 1.96. The molecule has 0 radical (unpaired) electrons. The fourth-order valence-electron chi connectivity index (χ4n) is 1.96. The Morgan fingerprint density at radius 2 is 2.19 bits per heavy atom. The average molecular weight is 214 g/mol. The lowest BCUT2D eigenvalue weighted by atomic mass is 9.98. The summed E-state index contributed by atoms with van der Waals surface area (Å²) in [6.07, 6.45) is 2.96. The molecule has 0 aromatic carbocycles. The van der Waals surface area contributed by atoms with Gasteiger partial charge in [-0.25, -0.2) is 4.52 Å². The summed E-state index contributed by atoms with van der Waals surface area (Å²) in [7, 11) is 0. The van der Waals surface area contributed by atoms with Crippen LogP contribution in [-0.4, -0.2) is 9.61 Å². The number of rotatable bonds is 3. The van der Waals surface area contributed by atoms with E-state index in [4.69, 9.17) is 0 Å². The topological polar surface area (TPSA) is 17.3 Å². The maximum atomic E-state index is 4.64. The Kier molecular flexibility index (Phi) is 2.82. The summed E-state index contributed by atoms with van der Waals surface area (Å²) in [5.74, 6) is 0.429. The molecule has 0 aliphatic heterocycles. The van der Waals surface area contributed by atoms with Crippen molar-refractivity contribution in [2.45, 2.75) is 33.1 Å². The zero-order valence-corrected chi connectivity index (χ0v) is 10.2. The summed E-state index contributed by atoms with van der Waals surface area (Å²) in [6.45, 7) is 10.6. The van der Waals surface area contributed by atoms with Gasteiger partial charge in [0.25, 0.3) is 0 Å². The highest BCUT2D eigenvalue weighted by atomic mass is 15.2. The minimum Gasteiger partial charge on any atom is -0.240 e. The first-order valence-corrected chi connectivity index (χ1v) is 5.80. The molecular formula is C14H18N2. The smallest absolute Gasteiger partial charge is 0.0739 e. The van der Waals surface area contributed by atoms with Gasteiger partial charge in [0.1, 0.15) is 0 Å². The van der Waals surface area contributed by atoms with Crippen LogP contribution < -0.4 is 0 Å². The van der Waals surface area contributed by atoms with Crippen LogP contribution in [0.5, 0.6) is 0 Å². The Hall–Kier alpha value is -1.57. The number of allylic oxidation sites excluding steroid dienone is 1. The Balaban J connectivity index is 2.74. The van der Waals surface area contributed by atoms with Crippen LogP contribution >= 0.6 is 0 Å². The van der Waals surface area contributed by atoms with E-state index in [2.05, 4.69) is 38.5 Å². The number of aromatic nitrogens is 2. The van der Waals surface area contributed by atoms with Crippen molar-refractivity contribution < 1.29 is 0 Å². The molecule has 2 aromatic rings. The number of fused-ring (bicyclic) bond motifs is 1. The third-order valence-electron chi connectivity index (χ3n) is 2.89. The Morgan fingerprint density at radius 1 is 1.44 bits per heavy atom. The zero-order valence-electron chi connectivity index (χ0n) is 10.2. The van der Waals surface area contributed by atoms with Gasteiger partial charge in [0.2, 0.25) is 0 Å². The third kappa shape index (κ3) is 1.64. The van der Waals surface area contributed by atoms with Gasteiger partial charge in [0.05, 0.1) is 11.2 Å². The summed E-state index contributed by atoms with van der Waals surface area (Å²) in [6, 6.07) is 6.16. The standard InChI is InChI=1S/C14H18N2/c1-5-11(4)13-12-8-6-7-9-16(12)15-14(13)10(2)3/h6-10H,4-5H2,1-3H3. The molecule has 0 bridgehead atoms. The molecule has 0 aliphatic rings. The number of hydrogen-bond donors (Lipinski definition) is 0. The molecule has 2 aromatic heterocycles. The van der Waals surface area contributed by atoms with Gasteiger partial charge in [-0.3, -0.25) is 0 Å². The van der Waals surface area contributed by atoms with E-state index >= 15 is 0 Å². The molecule has 0 atom stereocenters. The minimum atomic E-state index is 0.429. The number of pyridine rings is 1. The van der Waals surface area contributed by atoms with Gasteiger partial charge in [-0.05, 0) is 30.0 Å². The quantitative estimate of drug-likeness (QED) is 0.758. The van der Waals surface area contributed by atoms with E-state index in [0.29, 0.717) is 5.92 Å². The number of hydrogen-bond acceptors (Lipinski definition) is 1. The molecule has 0 unspecified atom stereocenters. The zero-order chi connectivity index (χ0) is 11.7. The van der Waals surface area contributed by atoms with Crippen molar-refractivity contribution in [1.82, 2.24) is 9.61 Å². The highest BCUT2D eigenvalue weighted by molar-refractivity contribution is 5.79. The van der Waals surface area contributed by atoms with Crippen molar-refractivity contribution >= 4 is 11.1 Å². The van der Waals surface area contributed by atoms with Crippen LogP contribution in [0.15, 0.2) is 31.0 Å². The number of nitrogens with zero attached hydrogens (tertiary/aromatic N) is 2. The molecule has 0 saturated carbocycles. The van der Waals surface area contributed by atoms with Crippen LogP contribution in [-0.2, 0) is 0 Å². The van der Waals surface area contributed by atoms with Gasteiger partial charge in [0.15, 0.2) is 0 Å². The van der Waals surface area contributed by atoms with E-state index < -0.39 is 0 Å². The molecule has 0 amide bonds.